The van der Waals surface area contributed by atoms with Crippen LogP contribution in [0.2, 0.25) is 5.02 Å². The molecule has 2 rings (SSSR count). The second-order valence-corrected chi connectivity index (χ2v) is 5.13. The third kappa shape index (κ3) is 4.42. The summed E-state index contributed by atoms with van der Waals surface area (Å²) in [5.74, 6) is -1.29. The van der Waals surface area contributed by atoms with Crippen LogP contribution in [0.1, 0.15) is 12.5 Å². The van der Waals surface area contributed by atoms with Gasteiger partial charge in [0.15, 0.2) is 11.6 Å². The lowest BCUT2D eigenvalue weighted by atomic mass is 10.1. The Balaban J connectivity index is 2.16. The van der Waals surface area contributed by atoms with Crippen molar-refractivity contribution in [3.63, 3.8) is 0 Å². The molecule has 0 saturated carbocycles. The third-order valence-corrected chi connectivity index (χ3v) is 3.29. The van der Waals surface area contributed by atoms with Crippen molar-refractivity contribution in [2.24, 2.45) is 0 Å². The second-order valence-electron chi connectivity index (χ2n) is 4.72. The molecule has 0 bridgehead atoms. The number of ether oxygens (including phenoxy) is 2. The Morgan fingerprint density at radius 1 is 1.25 bits per heavy atom. The van der Waals surface area contributed by atoms with Crippen molar-refractivity contribution >= 4 is 23.3 Å². The fourth-order valence-corrected chi connectivity index (χ4v) is 2.16. The van der Waals surface area contributed by atoms with Gasteiger partial charge in [-0.15, -0.1) is 0 Å². The van der Waals surface area contributed by atoms with E-state index in [0.29, 0.717) is 5.56 Å². The number of carbonyl (C=O) groups is 1. The molecule has 0 saturated heterocycles. The Kier molecular flexibility index (Phi) is 5.70. The van der Waals surface area contributed by atoms with Crippen molar-refractivity contribution in [1.29, 1.82) is 0 Å². The lowest BCUT2D eigenvalue weighted by Gasteiger charge is -2.10. The van der Waals surface area contributed by atoms with Crippen molar-refractivity contribution in [3.05, 3.63) is 62.9 Å². The summed E-state index contributed by atoms with van der Waals surface area (Å²) in [6.07, 6.45) is 0.0553. The molecule has 126 valence electrons. The highest BCUT2D eigenvalue weighted by Crippen LogP contribution is 2.32. The minimum atomic E-state index is -0.879. The Morgan fingerprint density at radius 3 is 2.54 bits per heavy atom. The molecule has 0 aliphatic rings. The summed E-state index contributed by atoms with van der Waals surface area (Å²) >= 11 is 6.07. The normalized spacial score (nSPS) is 10.3. The predicted molar refractivity (Wildman–Crippen MR) is 84.9 cm³/mol. The minimum Gasteiger partial charge on any atom is -0.466 e. The van der Waals surface area contributed by atoms with E-state index in [-0.39, 0.29) is 41.2 Å². The topological polar surface area (TPSA) is 78.7 Å². The number of non-ortho nitro benzene ring substituents is 1. The molecule has 0 fully saturated rings. The monoisotopic (exact) mass is 353 g/mol. The number of hydrogen-bond donors (Lipinski definition) is 0. The first-order chi connectivity index (χ1) is 11.4. The van der Waals surface area contributed by atoms with Crippen molar-refractivity contribution in [1.82, 2.24) is 0 Å². The number of esters is 1. The van der Waals surface area contributed by atoms with Crippen molar-refractivity contribution in [2.45, 2.75) is 13.3 Å². The number of nitrogens with zero attached hydrogens (tertiary/aromatic N) is 1. The standard InChI is InChI=1S/C16H13ClFNO5/c1-2-23-16(20)8-10-3-5-14(12(17)7-10)24-15-6-4-11(19(21)22)9-13(15)18/h3-7,9H,2,8H2,1H3. The van der Waals surface area contributed by atoms with Gasteiger partial charge in [0.1, 0.15) is 5.75 Å². The maximum Gasteiger partial charge on any atom is 0.310 e. The van der Waals surface area contributed by atoms with E-state index < -0.39 is 10.7 Å². The van der Waals surface area contributed by atoms with Crippen molar-refractivity contribution in [3.8, 4) is 11.5 Å². The number of rotatable bonds is 6. The van der Waals surface area contributed by atoms with Crippen LogP contribution in [0.15, 0.2) is 36.4 Å². The first kappa shape index (κ1) is 17.7. The molecule has 24 heavy (non-hydrogen) atoms. The summed E-state index contributed by atoms with van der Waals surface area (Å²) in [7, 11) is 0. The summed E-state index contributed by atoms with van der Waals surface area (Å²) in [6, 6.07) is 7.63. The summed E-state index contributed by atoms with van der Waals surface area (Å²) in [5, 5.41) is 10.8. The first-order valence-corrected chi connectivity index (χ1v) is 7.34. The molecule has 0 N–H and O–H groups in total. The van der Waals surface area contributed by atoms with Crippen LogP contribution in [0.4, 0.5) is 10.1 Å². The van der Waals surface area contributed by atoms with Gasteiger partial charge in [-0.25, -0.2) is 4.39 Å². The lowest BCUT2D eigenvalue weighted by Crippen LogP contribution is -2.07. The van der Waals surface area contributed by atoms with E-state index in [2.05, 4.69) is 0 Å². The Morgan fingerprint density at radius 2 is 1.96 bits per heavy atom. The van der Waals surface area contributed by atoms with E-state index in [1.54, 1.807) is 13.0 Å². The molecule has 6 nitrogen and oxygen atoms in total. The largest absolute Gasteiger partial charge is 0.466 e. The van der Waals surface area contributed by atoms with E-state index in [4.69, 9.17) is 21.1 Å². The van der Waals surface area contributed by atoms with Crippen molar-refractivity contribution in [2.75, 3.05) is 6.61 Å². The molecule has 0 atom stereocenters. The highest BCUT2D eigenvalue weighted by Gasteiger charge is 2.14. The molecule has 0 aromatic heterocycles. The van der Waals surface area contributed by atoms with Gasteiger partial charge in [-0.2, -0.15) is 0 Å². The zero-order valence-corrected chi connectivity index (χ0v) is 13.4. The zero-order chi connectivity index (χ0) is 17.7. The third-order valence-electron chi connectivity index (χ3n) is 3.00. The van der Waals surface area contributed by atoms with Gasteiger partial charge in [0.25, 0.3) is 5.69 Å². The van der Waals surface area contributed by atoms with Crippen LogP contribution < -0.4 is 4.74 Å². The summed E-state index contributed by atoms with van der Waals surface area (Å²) in [4.78, 5) is 21.3. The predicted octanol–water partition coefficient (Wildman–Crippen LogP) is 4.29. The molecule has 2 aromatic carbocycles. The quantitative estimate of drug-likeness (QED) is 0.440. The summed E-state index contributed by atoms with van der Waals surface area (Å²) in [6.45, 7) is 1.99. The zero-order valence-electron chi connectivity index (χ0n) is 12.6. The molecule has 0 heterocycles. The van der Waals surface area contributed by atoms with E-state index >= 15 is 0 Å². The first-order valence-electron chi connectivity index (χ1n) is 6.96. The van der Waals surface area contributed by atoms with Gasteiger partial charge >= 0.3 is 5.97 Å². The number of halogens is 2. The van der Waals surface area contributed by atoms with Crippen molar-refractivity contribution < 1.29 is 23.6 Å². The molecule has 0 aliphatic carbocycles. The number of nitro benzene ring substituents is 1. The molecular formula is C16H13ClFNO5. The molecule has 0 amide bonds. The highest BCUT2D eigenvalue weighted by molar-refractivity contribution is 6.32. The molecule has 2 aromatic rings. The van der Waals surface area contributed by atoms with Gasteiger partial charge in [-0.05, 0) is 30.7 Å². The van der Waals surface area contributed by atoms with Crippen LogP contribution in [0.25, 0.3) is 0 Å². The van der Waals surface area contributed by atoms with Crippen LogP contribution in [0.3, 0.4) is 0 Å². The van der Waals surface area contributed by atoms with E-state index in [0.717, 1.165) is 18.2 Å². The van der Waals surface area contributed by atoms with Crippen LogP contribution in [-0.2, 0) is 16.0 Å². The maximum atomic E-state index is 13.8. The molecule has 0 aliphatic heterocycles. The molecule has 0 unspecified atom stereocenters. The average Bonchev–Trinajstić information content (AvgIpc) is 2.51. The molecule has 8 heteroatoms. The molecule has 0 radical (unpaired) electrons. The Bertz CT molecular complexity index is 781. The SMILES string of the molecule is CCOC(=O)Cc1ccc(Oc2ccc([N+](=O)[O-])cc2F)c(Cl)c1. The van der Waals surface area contributed by atoms with E-state index in [9.17, 15) is 19.3 Å². The molecule has 0 spiro atoms. The number of carbonyl (C=O) groups excluding carboxylic acids is 1. The van der Waals surface area contributed by atoms with Crippen LogP contribution >= 0.6 is 11.6 Å². The van der Waals surface area contributed by atoms with Gasteiger partial charge in [-0.3, -0.25) is 14.9 Å². The summed E-state index contributed by atoms with van der Waals surface area (Å²) in [5.41, 5.74) is 0.241. The van der Waals surface area contributed by atoms with Gasteiger partial charge in [0.05, 0.1) is 29.0 Å². The number of nitro groups is 1. The van der Waals surface area contributed by atoms with E-state index in [1.807, 2.05) is 0 Å². The number of hydrogen-bond acceptors (Lipinski definition) is 5. The van der Waals surface area contributed by atoms with Gasteiger partial charge in [0.2, 0.25) is 0 Å². The maximum absolute atomic E-state index is 13.8. The Hall–Kier alpha value is -2.67. The van der Waals surface area contributed by atoms with Crippen LogP contribution in [-0.4, -0.2) is 17.5 Å². The van der Waals surface area contributed by atoms with Gasteiger partial charge in [-0.1, -0.05) is 17.7 Å². The van der Waals surface area contributed by atoms with E-state index in [1.165, 1.54) is 12.1 Å². The van der Waals surface area contributed by atoms with Crippen LogP contribution in [0, 0.1) is 15.9 Å². The second kappa shape index (κ2) is 7.74. The van der Waals surface area contributed by atoms with Gasteiger partial charge in [0, 0.05) is 6.07 Å². The fourth-order valence-electron chi connectivity index (χ4n) is 1.92. The lowest BCUT2D eigenvalue weighted by molar-refractivity contribution is -0.385. The molecular weight excluding hydrogens is 341 g/mol. The van der Waals surface area contributed by atoms with Crippen LogP contribution in [0.5, 0.6) is 11.5 Å². The number of benzene rings is 2. The van der Waals surface area contributed by atoms with Gasteiger partial charge < -0.3 is 9.47 Å². The minimum absolute atomic E-state index is 0.0553. The highest BCUT2D eigenvalue weighted by atomic mass is 35.5. The fraction of sp³-hybridized carbons (Fsp3) is 0.188. The average molecular weight is 354 g/mol. The Labute approximate surface area is 141 Å². The smallest absolute Gasteiger partial charge is 0.310 e. The summed E-state index contributed by atoms with van der Waals surface area (Å²) < 4.78 is 24.0.